The van der Waals surface area contributed by atoms with Crippen LogP contribution in [0.4, 0.5) is 0 Å². The second-order valence-corrected chi connectivity index (χ2v) is 4.43. The number of carboxylic acids is 1. The van der Waals surface area contributed by atoms with E-state index >= 15 is 0 Å². The van der Waals surface area contributed by atoms with E-state index in [0.717, 1.165) is 0 Å². The molecule has 0 amide bonds. The first kappa shape index (κ1) is 14.5. The van der Waals surface area contributed by atoms with E-state index in [2.05, 4.69) is 37.4 Å². The molecular formula is C15H21NO2. The van der Waals surface area contributed by atoms with Gasteiger partial charge in [0.1, 0.15) is 0 Å². The summed E-state index contributed by atoms with van der Waals surface area (Å²) in [6.07, 6.45) is 2.30. The molecule has 0 aliphatic heterocycles. The Hall–Kier alpha value is -1.61. The monoisotopic (exact) mass is 247 g/mol. The zero-order valence-corrected chi connectivity index (χ0v) is 11.2. The van der Waals surface area contributed by atoms with Gasteiger partial charge in [-0.3, -0.25) is 0 Å². The number of rotatable bonds is 6. The zero-order valence-electron chi connectivity index (χ0n) is 11.2. The van der Waals surface area contributed by atoms with Gasteiger partial charge in [-0.15, -0.1) is 0 Å². The summed E-state index contributed by atoms with van der Waals surface area (Å²) in [4.78, 5) is 10.8. The molecule has 0 fully saturated rings. The third-order valence-corrected chi connectivity index (χ3v) is 2.97. The largest absolute Gasteiger partial charge is 0.478 e. The van der Waals surface area contributed by atoms with Crippen molar-refractivity contribution in [2.75, 3.05) is 6.54 Å². The van der Waals surface area contributed by atoms with Crippen molar-refractivity contribution in [2.45, 2.75) is 33.2 Å². The Bertz CT molecular complexity index is 438. The summed E-state index contributed by atoms with van der Waals surface area (Å²) in [5.74, 6) is -0.831. The van der Waals surface area contributed by atoms with E-state index in [1.54, 1.807) is 6.08 Å². The van der Waals surface area contributed by atoms with Crippen LogP contribution >= 0.6 is 0 Å². The highest BCUT2D eigenvalue weighted by Gasteiger charge is 2.05. The third-order valence-electron chi connectivity index (χ3n) is 2.97. The van der Waals surface area contributed by atoms with Gasteiger partial charge in [-0.1, -0.05) is 42.8 Å². The molecule has 0 aliphatic rings. The summed E-state index contributed by atoms with van der Waals surface area (Å²) in [5, 5.41) is 12.2. The molecule has 0 saturated heterocycles. The maximum absolute atomic E-state index is 10.8. The van der Waals surface area contributed by atoms with Gasteiger partial charge in [0.2, 0.25) is 0 Å². The van der Waals surface area contributed by atoms with Crippen molar-refractivity contribution in [3.8, 4) is 0 Å². The lowest BCUT2D eigenvalue weighted by Crippen LogP contribution is -2.19. The van der Waals surface area contributed by atoms with Crippen molar-refractivity contribution in [1.29, 1.82) is 0 Å². The smallest absolute Gasteiger partial charge is 0.331 e. The fraction of sp³-hybridized carbons (Fsp3) is 0.400. The lowest BCUT2D eigenvalue weighted by Gasteiger charge is -2.13. The summed E-state index contributed by atoms with van der Waals surface area (Å²) < 4.78 is 0. The number of hydrogen-bond donors (Lipinski definition) is 2. The molecule has 0 unspecified atom stereocenters. The predicted octanol–water partition coefficient (Wildman–Crippen LogP) is 3.07. The number of aliphatic carboxylic acids is 1. The van der Waals surface area contributed by atoms with E-state index < -0.39 is 5.97 Å². The molecule has 1 atom stereocenters. The first-order chi connectivity index (χ1) is 8.54. The van der Waals surface area contributed by atoms with Crippen LogP contribution in [0.15, 0.2) is 35.9 Å². The van der Waals surface area contributed by atoms with Crippen molar-refractivity contribution >= 4 is 5.97 Å². The number of aryl methyl sites for hydroxylation is 1. The van der Waals surface area contributed by atoms with Gasteiger partial charge in [-0.05, 0) is 25.8 Å². The van der Waals surface area contributed by atoms with Gasteiger partial charge in [0, 0.05) is 18.2 Å². The van der Waals surface area contributed by atoms with Crippen LogP contribution in [0, 0.1) is 6.92 Å². The molecule has 0 radical (unpaired) electrons. The summed E-state index contributed by atoms with van der Waals surface area (Å²) in [6, 6.07) is 8.53. The molecule has 18 heavy (non-hydrogen) atoms. The molecule has 0 aliphatic carbocycles. The first-order valence-corrected chi connectivity index (χ1v) is 6.26. The van der Waals surface area contributed by atoms with Crippen LogP contribution in [-0.4, -0.2) is 17.6 Å². The van der Waals surface area contributed by atoms with Crippen LogP contribution in [-0.2, 0) is 4.79 Å². The molecule has 98 valence electrons. The number of benzene rings is 1. The number of carbonyl (C=O) groups is 1. The van der Waals surface area contributed by atoms with Crippen LogP contribution < -0.4 is 5.32 Å². The highest BCUT2D eigenvalue weighted by atomic mass is 16.4. The van der Waals surface area contributed by atoms with Crippen molar-refractivity contribution in [3.63, 3.8) is 0 Å². The zero-order chi connectivity index (χ0) is 13.5. The minimum absolute atomic E-state index is 0.216. The Morgan fingerprint density at radius 1 is 1.50 bits per heavy atom. The molecule has 2 N–H and O–H groups in total. The van der Waals surface area contributed by atoms with Gasteiger partial charge in [0.25, 0.3) is 0 Å². The Morgan fingerprint density at radius 2 is 2.22 bits per heavy atom. The highest BCUT2D eigenvalue weighted by Crippen LogP contribution is 2.13. The molecule has 1 aromatic carbocycles. The normalized spacial score (nSPS) is 13.4. The number of hydrogen-bond acceptors (Lipinski definition) is 2. The van der Waals surface area contributed by atoms with E-state index in [-0.39, 0.29) is 6.04 Å². The van der Waals surface area contributed by atoms with Gasteiger partial charge >= 0.3 is 5.97 Å². The molecule has 0 heterocycles. The Balaban J connectivity index is 2.56. The maximum atomic E-state index is 10.8. The standard InChI is InChI=1S/C15H21NO2/c1-4-13(15(17)18)8-9-16-12(3)14-7-5-6-11(2)10-14/h5-8,10,12,16H,4,9H2,1-3H3,(H,17,18)/b13-8-/t12-/m1/s1. The van der Waals surface area contributed by atoms with Crippen LogP contribution in [0.25, 0.3) is 0 Å². The second-order valence-electron chi connectivity index (χ2n) is 4.43. The Kier molecular flexibility index (Phi) is 5.59. The fourth-order valence-corrected chi connectivity index (χ4v) is 1.80. The lowest BCUT2D eigenvalue weighted by atomic mass is 10.1. The van der Waals surface area contributed by atoms with Crippen LogP contribution in [0.3, 0.4) is 0 Å². The lowest BCUT2D eigenvalue weighted by molar-refractivity contribution is -0.132. The molecule has 3 nitrogen and oxygen atoms in total. The molecule has 0 spiro atoms. The summed E-state index contributed by atoms with van der Waals surface area (Å²) in [6.45, 7) is 6.57. The average Bonchev–Trinajstić information content (AvgIpc) is 2.34. The van der Waals surface area contributed by atoms with Crippen molar-refractivity contribution in [1.82, 2.24) is 5.32 Å². The highest BCUT2D eigenvalue weighted by molar-refractivity contribution is 5.86. The van der Waals surface area contributed by atoms with Crippen LogP contribution in [0.1, 0.15) is 37.4 Å². The molecule has 0 bridgehead atoms. The maximum Gasteiger partial charge on any atom is 0.331 e. The predicted molar refractivity (Wildman–Crippen MR) is 73.6 cm³/mol. The molecule has 0 aromatic heterocycles. The van der Waals surface area contributed by atoms with E-state index in [9.17, 15) is 4.79 Å². The number of nitrogens with one attached hydrogen (secondary N) is 1. The Labute approximate surface area is 109 Å². The quantitative estimate of drug-likeness (QED) is 0.759. The first-order valence-electron chi connectivity index (χ1n) is 6.26. The SMILES string of the molecule is CC/C(=C/CN[C@H](C)c1cccc(C)c1)C(=O)O. The van der Waals surface area contributed by atoms with Crippen molar-refractivity contribution in [2.24, 2.45) is 0 Å². The van der Waals surface area contributed by atoms with E-state index in [4.69, 9.17) is 5.11 Å². The van der Waals surface area contributed by atoms with Crippen molar-refractivity contribution < 1.29 is 9.90 Å². The molecule has 3 heteroatoms. The van der Waals surface area contributed by atoms with Gasteiger partial charge in [-0.2, -0.15) is 0 Å². The fourth-order valence-electron chi connectivity index (χ4n) is 1.80. The van der Waals surface area contributed by atoms with E-state index in [0.29, 0.717) is 18.5 Å². The molecule has 1 aromatic rings. The summed E-state index contributed by atoms with van der Waals surface area (Å²) >= 11 is 0. The summed E-state index contributed by atoms with van der Waals surface area (Å²) in [5.41, 5.74) is 2.91. The molecular weight excluding hydrogens is 226 g/mol. The van der Waals surface area contributed by atoms with Gasteiger partial charge in [0.05, 0.1) is 0 Å². The van der Waals surface area contributed by atoms with Crippen LogP contribution in [0.2, 0.25) is 0 Å². The average molecular weight is 247 g/mol. The van der Waals surface area contributed by atoms with Gasteiger partial charge in [0.15, 0.2) is 0 Å². The topological polar surface area (TPSA) is 49.3 Å². The third kappa shape index (κ3) is 4.34. The van der Waals surface area contributed by atoms with Crippen molar-refractivity contribution in [3.05, 3.63) is 47.0 Å². The Morgan fingerprint density at radius 3 is 2.78 bits per heavy atom. The van der Waals surface area contributed by atoms with Gasteiger partial charge in [-0.25, -0.2) is 4.79 Å². The minimum atomic E-state index is -0.831. The minimum Gasteiger partial charge on any atom is -0.478 e. The van der Waals surface area contributed by atoms with E-state index in [1.807, 2.05) is 13.0 Å². The van der Waals surface area contributed by atoms with E-state index in [1.165, 1.54) is 11.1 Å². The van der Waals surface area contributed by atoms with Crippen LogP contribution in [0.5, 0.6) is 0 Å². The summed E-state index contributed by atoms with van der Waals surface area (Å²) in [7, 11) is 0. The van der Waals surface area contributed by atoms with Gasteiger partial charge < -0.3 is 10.4 Å². The molecule has 1 rings (SSSR count). The second kappa shape index (κ2) is 6.97. The molecule has 0 saturated carbocycles. The number of carboxylic acid groups (broad SMARTS) is 1.